The van der Waals surface area contributed by atoms with Crippen LogP contribution in [0.25, 0.3) is 0 Å². The van der Waals surface area contributed by atoms with Crippen LogP contribution in [-0.4, -0.2) is 55.2 Å². The molecule has 0 aliphatic carbocycles. The molecule has 1 saturated heterocycles. The summed E-state index contributed by atoms with van der Waals surface area (Å²) in [6.07, 6.45) is 2.16. The second-order valence-electron chi connectivity index (χ2n) is 7.42. The number of nitrogens with zero attached hydrogens (tertiary/aromatic N) is 3. The van der Waals surface area contributed by atoms with Gasteiger partial charge in [-0.2, -0.15) is 0 Å². The van der Waals surface area contributed by atoms with Crippen molar-refractivity contribution in [3.05, 3.63) is 42.2 Å². The lowest BCUT2D eigenvalue weighted by Gasteiger charge is -2.31. The monoisotopic (exact) mass is 399 g/mol. The van der Waals surface area contributed by atoms with Crippen molar-refractivity contribution in [2.45, 2.75) is 26.2 Å². The van der Waals surface area contributed by atoms with Gasteiger partial charge < -0.3 is 25.0 Å². The zero-order valence-corrected chi connectivity index (χ0v) is 17.1. The summed E-state index contributed by atoms with van der Waals surface area (Å²) < 4.78 is 4.96. The summed E-state index contributed by atoms with van der Waals surface area (Å²) in [6.45, 7) is 4.42. The Kier molecular flexibility index (Phi) is 7.10. The lowest BCUT2D eigenvalue weighted by Crippen LogP contribution is -2.46. The molecule has 1 aliphatic rings. The molecule has 2 N–H and O–H groups in total. The highest BCUT2D eigenvalue weighted by molar-refractivity contribution is 5.91. The smallest absolute Gasteiger partial charge is 0.317 e. The first-order valence-electron chi connectivity index (χ1n) is 10.1. The molecule has 1 aromatic heterocycles. The lowest BCUT2D eigenvalue weighted by molar-refractivity contribution is -0.121. The third kappa shape index (κ3) is 5.97. The Labute approximate surface area is 171 Å². The van der Waals surface area contributed by atoms with Gasteiger partial charge in [-0.3, -0.25) is 4.79 Å². The van der Waals surface area contributed by atoms with E-state index >= 15 is 0 Å². The van der Waals surface area contributed by atoms with Crippen molar-refractivity contribution in [3.8, 4) is 0 Å². The first-order valence-corrected chi connectivity index (χ1v) is 10.1. The first kappa shape index (κ1) is 20.7. The minimum absolute atomic E-state index is 0.0571. The zero-order valence-electron chi connectivity index (χ0n) is 17.1. The molecule has 2 heterocycles. The third-order valence-corrected chi connectivity index (χ3v) is 5.18. The molecule has 156 valence electrons. The van der Waals surface area contributed by atoms with E-state index in [2.05, 4.69) is 32.8 Å². The van der Waals surface area contributed by atoms with Crippen LogP contribution < -0.4 is 15.5 Å². The number of anilines is 2. The summed E-state index contributed by atoms with van der Waals surface area (Å²) in [4.78, 5) is 28.6. The number of carbonyl (C=O) groups is 2. The van der Waals surface area contributed by atoms with Gasteiger partial charge in [0.25, 0.3) is 0 Å². The molecule has 0 unspecified atom stereocenters. The van der Waals surface area contributed by atoms with Gasteiger partial charge >= 0.3 is 6.03 Å². The van der Waals surface area contributed by atoms with Crippen molar-refractivity contribution in [1.82, 2.24) is 15.4 Å². The van der Waals surface area contributed by atoms with E-state index in [0.717, 1.165) is 13.0 Å². The number of piperidine rings is 1. The van der Waals surface area contributed by atoms with E-state index in [1.54, 1.807) is 17.9 Å². The molecule has 29 heavy (non-hydrogen) atoms. The molecule has 1 aromatic carbocycles. The van der Waals surface area contributed by atoms with Crippen LogP contribution in [0.2, 0.25) is 0 Å². The Morgan fingerprint density at radius 1 is 1.24 bits per heavy atom. The predicted octanol–water partition coefficient (Wildman–Crippen LogP) is 2.87. The number of hydrogen-bond donors (Lipinski definition) is 2. The molecule has 3 amide bonds. The van der Waals surface area contributed by atoms with E-state index in [0.29, 0.717) is 44.1 Å². The fourth-order valence-corrected chi connectivity index (χ4v) is 3.43. The molecule has 8 nitrogen and oxygen atoms in total. The zero-order chi connectivity index (χ0) is 20.6. The fraction of sp³-hybridized carbons (Fsp3) is 0.476. The number of para-hydroxylation sites is 1. The van der Waals surface area contributed by atoms with Gasteiger partial charge in [0.1, 0.15) is 5.76 Å². The van der Waals surface area contributed by atoms with E-state index in [9.17, 15) is 9.59 Å². The Hall–Kier alpha value is -3.03. The van der Waals surface area contributed by atoms with Crippen LogP contribution in [0.5, 0.6) is 0 Å². The number of likely N-dealkylation sites (tertiary alicyclic amines) is 1. The maximum Gasteiger partial charge on any atom is 0.317 e. The van der Waals surface area contributed by atoms with Gasteiger partial charge in [0, 0.05) is 50.9 Å². The summed E-state index contributed by atoms with van der Waals surface area (Å²) in [6, 6.07) is 11.8. The molecule has 0 spiro atoms. The minimum Gasteiger partial charge on any atom is -0.375 e. The van der Waals surface area contributed by atoms with Crippen LogP contribution in [0, 0.1) is 12.8 Å². The van der Waals surface area contributed by atoms with Gasteiger partial charge in [-0.15, -0.1) is 0 Å². The van der Waals surface area contributed by atoms with Gasteiger partial charge in [0.15, 0.2) is 5.82 Å². The van der Waals surface area contributed by atoms with Crippen molar-refractivity contribution >= 4 is 23.4 Å². The average molecular weight is 399 g/mol. The summed E-state index contributed by atoms with van der Waals surface area (Å²) in [5, 5.41) is 9.54. The number of benzene rings is 1. The number of carbonyl (C=O) groups excluding carboxylic acids is 2. The number of hydrogen-bond acceptors (Lipinski definition) is 5. The molecule has 0 saturated carbocycles. The summed E-state index contributed by atoms with van der Waals surface area (Å²) in [5.41, 5.74) is 1.17. The molecule has 1 aliphatic heterocycles. The number of aromatic nitrogens is 1. The topological polar surface area (TPSA) is 90.7 Å². The summed E-state index contributed by atoms with van der Waals surface area (Å²) in [7, 11) is 2.05. The second-order valence-corrected chi connectivity index (χ2v) is 7.42. The largest absolute Gasteiger partial charge is 0.375 e. The van der Waals surface area contributed by atoms with Crippen molar-refractivity contribution in [2.24, 2.45) is 5.92 Å². The van der Waals surface area contributed by atoms with Gasteiger partial charge in [-0.25, -0.2) is 4.79 Å². The van der Waals surface area contributed by atoms with E-state index in [-0.39, 0.29) is 17.9 Å². The number of nitrogens with one attached hydrogen (secondary N) is 2. The lowest BCUT2D eigenvalue weighted by atomic mass is 9.96. The minimum atomic E-state index is -0.115. The van der Waals surface area contributed by atoms with Crippen LogP contribution in [-0.2, 0) is 4.79 Å². The number of rotatable bonds is 7. The molecule has 3 rings (SSSR count). The van der Waals surface area contributed by atoms with E-state index < -0.39 is 0 Å². The Morgan fingerprint density at radius 3 is 2.62 bits per heavy atom. The molecule has 0 bridgehead atoms. The van der Waals surface area contributed by atoms with E-state index in [1.165, 1.54) is 5.69 Å². The molecular weight excluding hydrogens is 370 g/mol. The highest BCUT2D eigenvalue weighted by atomic mass is 16.5. The fourth-order valence-electron chi connectivity index (χ4n) is 3.43. The maximum atomic E-state index is 12.4. The van der Waals surface area contributed by atoms with Crippen molar-refractivity contribution in [3.63, 3.8) is 0 Å². The average Bonchev–Trinajstić information content (AvgIpc) is 3.16. The normalized spacial score (nSPS) is 14.5. The first-order chi connectivity index (χ1) is 14.0. The van der Waals surface area contributed by atoms with Crippen LogP contribution in [0.15, 0.2) is 40.9 Å². The van der Waals surface area contributed by atoms with Crippen molar-refractivity contribution in [2.75, 3.05) is 43.4 Å². The number of amides is 3. The molecule has 8 heteroatoms. The predicted molar refractivity (Wildman–Crippen MR) is 112 cm³/mol. The molecule has 1 fully saturated rings. The Bertz CT molecular complexity index is 800. The van der Waals surface area contributed by atoms with Gasteiger partial charge in [0.2, 0.25) is 5.91 Å². The number of aryl methyl sites for hydroxylation is 1. The Balaban J connectivity index is 1.33. The van der Waals surface area contributed by atoms with Crippen LogP contribution >= 0.6 is 0 Å². The van der Waals surface area contributed by atoms with Crippen LogP contribution in [0.4, 0.5) is 16.3 Å². The second kappa shape index (κ2) is 9.95. The SMILES string of the molecule is Cc1cc(NC(=O)C2CCN(C(=O)NCCCN(C)c3ccccc3)CC2)no1. The summed E-state index contributed by atoms with van der Waals surface area (Å²) in [5.74, 6) is 0.910. The quantitative estimate of drug-likeness (QED) is 0.699. The summed E-state index contributed by atoms with van der Waals surface area (Å²) >= 11 is 0. The third-order valence-electron chi connectivity index (χ3n) is 5.18. The van der Waals surface area contributed by atoms with Gasteiger partial charge in [-0.1, -0.05) is 23.4 Å². The van der Waals surface area contributed by atoms with Crippen LogP contribution in [0.1, 0.15) is 25.0 Å². The molecular formula is C21H29N5O3. The van der Waals surface area contributed by atoms with Crippen molar-refractivity contribution < 1.29 is 14.1 Å². The Morgan fingerprint density at radius 2 is 1.97 bits per heavy atom. The van der Waals surface area contributed by atoms with Gasteiger partial charge in [0.05, 0.1) is 0 Å². The van der Waals surface area contributed by atoms with E-state index in [1.807, 2.05) is 25.2 Å². The van der Waals surface area contributed by atoms with Crippen LogP contribution in [0.3, 0.4) is 0 Å². The molecule has 0 atom stereocenters. The van der Waals surface area contributed by atoms with Crippen molar-refractivity contribution in [1.29, 1.82) is 0 Å². The standard InChI is InChI=1S/C21H29N5O3/c1-16-15-19(24-29-16)23-20(27)17-9-13-26(14-10-17)21(28)22-11-6-12-25(2)18-7-4-3-5-8-18/h3-5,7-8,15,17H,6,9-14H2,1-2H3,(H,22,28)(H,23,24,27). The molecule has 0 radical (unpaired) electrons. The van der Waals surface area contributed by atoms with Gasteiger partial charge in [-0.05, 0) is 38.3 Å². The maximum absolute atomic E-state index is 12.4. The highest BCUT2D eigenvalue weighted by Gasteiger charge is 2.27. The highest BCUT2D eigenvalue weighted by Crippen LogP contribution is 2.19. The molecule has 2 aromatic rings. The van der Waals surface area contributed by atoms with E-state index in [4.69, 9.17) is 4.52 Å². The number of urea groups is 1.